The molecule has 1 aromatic rings. The number of nitrogens with zero attached hydrogens (tertiary/aromatic N) is 1. The zero-order valence-corrected chi connectivity index (χ0v) is 9.46. The zero-order chi connectivity index (χ0) is 10.7. The highest BCUT2D eigenvalue weighted by Crippen LogP contribution is 2.18. The van der Waals surface area contributed by atoms with E-state index in [1.54, 1.807) is 0 Å². The summed E-state index contributed by atoms with van der Waals surface area (Å²) in [4.78, 5) is 2.43. The second kappa shape index (κ2) is 4.53. The lowest BCUT2D eigenvalue weighted by atomic mass is 10.2. The first-order valence-corrected chi connectivity index (χ1v) is 5.56. The van der Waals surface area contributed by atoms with Crippen LogP contribution in [-0.4, -0.2) is 32.7 Å². The van der Waals surface area contributed by atoms with Gasteiger partial charge in [-0.25, -0.2) is 0 Å². The highest BCUT2D eigenvalue weighted by atomic mass is 15.2. The van der Waals surface area contributed by atoms with Gasteiger partial charge in [0.1, 0.15) is 0 Å². The highest BCUT2D eigenvalue weighted by Gasteiger charge is 2.15. The maximum atomic E-state index is 3.45. The van der Waals surface area contributed by atoms with Crippen LogP contribution in [0, 0.1) is 0 Å². The first kappa shape index (κ1) is 10.3. The predicted molar refractivity (Wildman–Crippen MR) is 65.7 cm³/mol. The van der Waals surface area contributed by atoms with Gasteiger partial charge in [-0.2, -0.15) is 0 Å². The van der Waals surface area contributed by atoms with E-state index in [0.717, 1.165) is 19.6 Å². The van der Waals surface area contributed by atoms with Crippen molar-refractivity contribution in [3.8, 4) is 0 Å². The first-order valence-electron chi connectivity index (χ1n) is 5.56. The van der Waals surface area contributed by atoms with E-state index in [-0.39, 0.29) is 0 Å². The van der Waals surface area contributed by atoms with Crippen molar-refractivity contribution < 1.29 is 0 Å². The van der Waals surface area contributed by atoms with Gasteiger partial charge in [0.25, 0.3) is 0 Å². The summed E-state index contributed by atoms with van der Waals surface area (Å²) in [5.74, 6) is 0. The van der Waals surface area contributed by atoms with Crippen LogP contribution in [-0.2, 0) is 0 Å². The Kier molecular flexibility index (Phi) is 3.11. The Bertz CT molecular complexity index is 307. The second-order valence-electron chi connectivity index (χ2n) is 4.10. The smallest absolute Gasteiger partial charge is 0.0368 e. The fraction of sp³-hybridized carbons (Fsp3) is 0.500. The summed E-state index contributed by atoms with van der Waals surface area (Å²) in [6.07, 6.45) is 0. The Morgan fingerprint density at radius 3 is 2.67 bits per heavy atom. The number of rotatable bonds is 2. The van der Waals surface area contributed by atoms with E-state index in [0.29, 0.717) is 6.04 Å². The molecule has 2 N–H and O–H groups in total. The molecule has 0 radical (unpaired) electrons. The van der Waals surface area contributed by atoms with Crippen LogP contribution >= 0.6 is 0 Å². The van der Waals surface area contributed by atoms with Crippen LogP contribution in [0.3, 0.4) is 0 Å². The molecule has 15 heavy (non-hydrogen) atoms. The minimum atomic E-state index is 0.586. The fourth-order valence-electron chi connectivity index (χ4n) is 2.01. The third-order valence-electron chi connectivity index (χ3n) is 2.89. The van der Waals surface area contributed by atoms with Crippen LogP contribution in [0.25, 0.3) is 0 Å². The van der Waals surface area contributed by atoms with Crippen LogP contribution in [0.2, 0.25) is 0 Å². The van der Waals surface area contributed by atoms with E-state index in [2.05, 4.69) is 46.7 Å². The molecule has 1 aliphatic heterocycles. The molecule has 1 aromatic carbocycles. The van der Waals surface area contributed by atoms with E-state index >= 15 is 0 Å². The summed E-state index contributed by atoms with van der Waals surface area (Å²) in [6.45, 7) is 5.51. The lowest BCUT2D eigenvalue weighted by molar-refractivity contribution is 0.485. The average molecular weight is 205 g/mol. The van der Waals surface area contributed by atoms with Crippen LogP contribution in [0.5, 0.6) is 0 Å². The number of piperazine rings is 1. The van der Waals surface area contributed by atoms with Gasteiger partial charge in [-0.15, -0.1) is 0 Å². The molecule has 0 aliphatic carbocycles. The molecule has 2 rings (SSSR count). The van der Waals surface area contributed by atoms with Gasteiger partial charge in [0.15, 0.2) is 0 Å². The van der Waals surface area contributed by atoms with Crippen molar-refractivity contribution in [3.63, 3.8) is 0 Å². The van der Waals surface area contributed by atoms with Gasteiger partial charge in [-0.05, 0) is 31.2 Å². The Hall–Kier alpha value is -1.22. The fourth-order valence-corrected chi connectivity index (χ4v) is 2.01. The van der Waals surface area contributed by atoms with Gasteiger partial charge in [-0.1, -0.05) is 0 Å². The van der Waals surface area contributed by atoms with Crippen LogP contribution in [0.1, 0.15) is 6.92 Å². The van der Waals surface area contributed by atoms with Crippen LogP contribution < -0.4 is 15.5 Å². The van der Waals surface area contributed by atoms with Crippen LogP contribution in [0.15, 0.2) is 24.3 Å². The SMILES string of the molecule is CNc1ccc(N2CCN[C@@H](C)C2)cc1. The molecule has 0 aromatic heterocycles. The molecule has 1 atom stereocenters. The van der Waals surface area contributed by atoms with E-state index in [1.807, 2.05) is 7.05 Å². The Balaban J connectivity index is 2.07. The normalized spacial score (nSPS) is 21.5. The number of hydrogen-bond acceptors (Lipinski definition) is 3. The van der Waals surface area contributed by atoms with Gasteiger partial charge >= 0.3 is 0 Å². The first-order chi connectivity index (χ1) is 7.29. The third-order valence-corrected chi connectivity index (χ3v) is 2.89. The predicted octanol–water partition coefficient (Wildman–Crippen LogP) is 1.53. The minimum absolute atomic E-state index is 0.586. The molecule has 0 saturated carbocycles. The van der Waals surface area contributed by atoms with Gasteiger partial charge in [-0.3, -0.25) is 0 Å². The van der Waals surface area contributed by atoms with E-state index < -0.39 is 0 Å². The molecule has 82 valence electrons. The zero-order valence-electron chi connectivity index (χ0n) is 9.46. The summed E-state index contributed by atoms with van der Waals surface area (Å²) >= 11 is 0. The van der Waals surface area contributed by atoms with Crippen molar-refractivity contribution in [2.75, 3.05) is 36.9 Å². The maximum Gasteiger partial charge on any atom is 0.0368 e. The minimum Gasteiger partial charge on any atom is -0.388 e. The molecule has 1 aliphatic rings. The van der Waals surface area contributed by atoms with Gasteiger partial charge in [0.05, 0.1) is 0 Å². The average Bonchev–Trinajstić information content (AvgIpc) is 2.29. The quantitative estimate of drug-likeness (QED) is 0.766. The monoisotopic (exact) mass is 205 g/mol. The topological polar surface area (TPSA) is 27.3 Å². The summed E-state index contributed by atoms with van der Waals surface area (Å²) in [7, 11) is 1.95. The second-order valence-corrected chi connectivity index (χ2v) is 4.10. The largest absolute Gasteiger partial charge is 0.388 e. The number of hydrogen-bond donors (Lipinski definition) is 2. The van der Waals surface area contributed by atoms with E-state index in [9.17, 15) is 0 Å². The molecule has 1 saturated heterocycles. The highest BCUT2D eigenvalue weighted by molar-refractivity contribution is 5.55. The van der Waals surface area contributed by atoms with Crippen molar-refractivity contribution in [1.82, 2.24) is 5.32 Å². The Morgan fingerprint density at radius 1 is 1.33 bits per heavy atom. The molecule has 1 heterocycles. The van der Waals surface area contributed by atoms with Crippen molar-refractivity contribution in [2.45, 2.75) is 13.0 Å². The molecule has 1 fully saturated rings. The third kappa shape index (κ3) is 2.42. The number of benzene rings is 1. The molecule has 3 nitrogen and oxygen atoms in total. The molecule has 3 heteroatoms. The Morgan fingerprint density at radius 2 is 2.07 bits per heavy atom. The van der Waals surface area contributed by atoms with Gasteiger partial charge in [0.2, 0.25) is 0 Å². The number of nitrogens with one attached hydrogen (secondary N) is 2. The Labute approximate surface area is 91.5 Å². The molecular weight excluding hydrogens is 186 g/mol. The summed E-state index contributed by atoms with van der Waals surface area (Å²) in [5, 5.41) is 6.59. The van der Waals surface area contributed by atoms with Crippen molar-refractivity contribution >= 4 is 11.4 Å². The molecular formula is C12H19N3. The summed E-state index contributed by atoms with van der Waals surface area (Å²) in [6, 6.07) is 9.21. The van der Waals surface area contributed by atoms with Gasteiger partial charge in [0, 0.05) is 44.1 Å². The molecule has 0 spiro atoms. The van der Waals surface area contributed by atoms with Crippen molar-refractivity contribution in [1.29, 1.82) is 0 Å². The standard InChI is InChI=1S/C12H19N3/c1-10-9-15(8-7-14-10)12-5-3-11(13-2)4-6-12/h3-6,10,13-14H,7-9H2,1-2H3/t10-/m0/s1. The van der Waals surface area contributed by atoms with Crippen molar-refractivity contribution in [3.05, 3.63) is 24.3 Å². The summed E-state index contributed by atoms with van der Waals surface area (Å²) in [5.41, 5.74) is 2.49. The van der Waals surface area contributed by atoms with Crippen molar-refractivity contribution in [2.24, 2.45) is 0 Å². The maximum absolute atomic E-state index is 3.45. The number of anilines is 2. The molecule has 0 amide bonds. The van der Waals surface area contributed by atoms with E-state index in [4.69, 9.17) is 0 Å². The summed E-state index contributed by atoms with van der Waals surface area (Å²) < 4.78 is 0. The molecule has 0 unspecified atom stereocenters. The van der Waals surface area contributed by atoms with Gasteiger partial charge < -0.3 is 15.5 Å². The van der Waals surface area contributed by atoms with Crippen LogP contribution in [0.4, 0.5) is 11.4 Å². The lowest BCUT2D eigenvalue weighted by Crippen LogP contribution is -2.49. The lowest BCUT2D eigenvalue weighted by Gasteiger charge is -2.33. The molecule has 0 bridgehead atoms. The van der Waals surface area contributed by atoms with E-state index in [1.165, 1.54) is 11.4 Å².